The van der Waals surface area contributed by atoms with Gasteiger partial charge in [0.1, 0.15) is 11.4 Å². The number of alkyl halides is 3. The third-order valence-corrected chi connectivity index (χ3v) is 5.59. The molecule has 1 aliphatic carbocycles. The van der Waals surface area contributed by atoms with Gasteiger partial charge in [0.15, 0.2) is 11.7 Å². The van der Waals surface area contributed by atoms with Gasteiger partial charge in [0.25, 0.3) is 5.91 Å². The number of aliphatic imine (C=N–C) groups is 1. The van der Waals surface area contributed by atoms with Gasteiger partial charge in [0, 0.05) is 31.9 Å². The Kier molecular flexibility index (Phi) is 6.64. The van der Waals surface area contributed by atoms with Crippen molar-refractivity contribution in [2.45, 2.75) is 44.5 Å². The van der Waals surface area contributed by atoms with Gasteiger partial charge in [-0.25, -0.2) is 9.98 Å². The summed E-state index contributed by atoms with van der Waals surface area (Å²) in [4.78, 5) is 21.8. The van der Waals surface area contributed by atoms with Gasteiger partial charge in [-0.15, -0.1) is 0 Å². The number of likely N-dealkylation sites (N-methyl/N-ethyl adjacent to an activating group) is 1. The summed E-state index contributed by atoms with van der Waals surface area (Å²) >= 11 is 0. The lowest BCUT2D eigenvalue weighted by Crippen LogP contribution is -2.48. The second-order valence-electron chi connectivity index (χ2n) is 8.88. The number of carbonyl (C=O) groups is 1. The molecule has 4 N–H and O–H groups in total. The molecule has 178 valence electrons. The van der Waals surface area contributed by atoms with Crippen molar-refractivity contribution in [1.82, 2.24) is 20.5 Å². The van der Waals surface area contributed by atoms with E-state index in [0.29, 0.717) is 5.57 Å². The number of rotatable bonds is 5. The molecule has 2 heterocycles. The molecule has 1 fully saturated rings. The number of dihydropyridines is 1. The van der Waals surface area contributed by atoms with E-state index in [2.05, 4.69) is 20.6 Å². The summed E-state index contributed by atoms with van der Waals surface area (Å²) in [7, 11) is 3.35. The zero-order valence-electron chi connectivity index (χ0n) is 18.8. The van der Waals surface area contributed by atoms with Gasteiger partial charge >= 0.3 is 6.18 Å². The van der Waals surface area contributed by atoms with Crippen LogP contribution in [0.25, 0.3) is 0 Å². The molecule has 1 aromatic heterocycles. The van der Waals surface area contributed by atoms with Gasteiger partial charge in [0.2, 0.25) is 0 Å². The number of nitrogens with one attached hydrogen (secondary N) is 3. The van der Waals surface area contributed by atoms with Crippen LogP contribution in [0.15, 0.2) is 46.7 Å². The maximum absolute atomic E-state index is 12.9. The summed E-state index contributed by atoms with van der Waals surface area (Å²) in [5.74, 6) is -0.388. The van der Waals surface area contributed by atoms with Gasteiger partial charge < -0.3 is 20.6 Å². The van der Waals surface area contributed by atoms with Gasteiger partial charge in [0.05, 0.1) is 11.3 Å². The van der Waals surface area contributed by atoms with Crippen LogP contribution < -0.4 is 10.6 Å². The quantitative estimate of drug-likeness (QED) is 0.535. The second-order valence-corrected chi connectivity index (χ2v) is 8.88. The third-order valence-electron chi connectivity index (χ3n) is 5.59. The first kappa shape index (κ1) is 24.4. The Morgan fingerprint density at radius 1 is 1.27 bits per heavy atom. The standard InChI is InChI=1S/C22H27F3N6O2/c1-21(2,33)13-9-14(10-13)27-11-12-8-16(19(31(3)4)30-18(12)26)29-20(32)15-6-5-7-17(28-15)22(23,24)25/h5-8,11,13-14,26-27,33H,9-10H2,1-4H3,(H,29,32)/b12-11-,26-18?. The van der Waals surface area contributed by atoms with E-state index in [0.717, 1.165) is 25.0 Å². The van der Waals surface area contributed by atoms with Gasteiger partial charge in [-0.05, 0) is 50.8 Å². The van der Waals surface area contributed by atoms with Crippen molar-refractivity contribution in [3.05, 3.63) is 53.1 Å². The van der Waals surface area contributed by atoms with E-state index < -0.39 is 23.4 Å². The number of pyridine rings is 1. The van der Waals surface area contributed by atoms with Crippen molar-refractivity contribution in [2.75, 3.05) is 14.1 Å². The largest absolute Gasteiger partial charge is 0.433 e. The molecule has 33 heavy (non-hydrogen) atoms. The molecule has 0 bridgehead atoms. The highest BCUT2D eigenvalue weighted by molar-refractivity contribution is 6.16. The number of hydrogen-bond acceptors (Lipinski definition) is 6. The highest BCUT2D eigenvalue weighted by Gasteiger charge is 2.38. The van der Waals surface area contributed by atoms with Gasteiger partial charge in [-0.1, -0.05) is 6.07 Å². The smallest absolute Gasteiger partial charge is 0.390 e. The van der Waals surface area contributed by atoms with Crippen molar-refractivity contribution in [1.29, 1.82) is 5.41 Å². The van der Waals surface area contributed by atoms with E-state index in [4.69, 9.17) is 5.41 Å². The fourth-order valence-corrected chi connectivity index (χ4v) is 3.51. The number of carbonyl (C=O) groups excluding carboxylic acids is 1. The molecule has 0 radical (unpaired) electrons. The Morgan fingerprint density at radius 3 is 2.52 bits per heavy atom. The van der Waals surface area contributed by atoms with Crippen LogP contribution >= 0.6 is 0 Å². The first-order valence-corrected chi connectivity index (χ1v) is 10.4. The van der Waals surface area contributed by atoms with Crippen molar-refractivity contribution in [2.24, 2.45) is 10.9 Å². The lowest BCUT2D eigenvalue weighted by atomic mass is 9.71. The molecule has 3 rings (SSSR count). The van der Waals surface area contributed by atoms with Crippen LogP contribution in [0, 0.1) is 11.3 Å². The van der Waals surface area contributed by atoms with Crippen LogP contribution in [-0.2, 0) is 6.18 Å². The monoisotopic (exact) mass is 464 g/mol. The van der Waals surface area contributed by atoms with E-state index in [1.165, 1.54) is 12.1 Å². The van der Waals surface area contributed by atoms with Crippen molar-refractivity contribution in [3.63, 3.8) is 0 Å². The number of aromatic nitrogens is 1. The van der Waals surface area contributed by atoms with Crippen molar-refractivity contribution in [3.8, 4) is 0 Å². The molecule has 0 spiro atoms. The number of amidine groups is 2. The Balaban J connectivity index is 1.77. The number of hydrogen-bond donors (Lipinski definition) is 4. The predicted octanol–water partition coefficient (Wildman–Crippen LogP) is 2.69. The Hall–Kier alpha value is -3.21. The van der Waals surface area contributed by atoms with E-state index in [-0.39, 0.29) is 35.0 Å². The minimum atomic E-state index is -4.67. The zero-order chi connectivity index (χ0) is 24.6. The zero-order valence-corrected chi connectivity index (χ0v) is 18.8. The number of amides is 1. The first-order chi connectivity index (χ1) is 15.3. The Bertz CT molecular complexity index is 1030. The second kappa shape index (κ2) is 8.97. The normalized spacial score (nSPS) is 22.3. The Labute approximate surface area is 189 Å². The molecule has 2 aliphatic rings. The highest BCUT2D eigenvalue weighted by Crippen LogP contribution is 2.36. The third kappa shape index (κ3) is 5.78. The lowest BCUT2D eigenvalue weighted by Gasteiger charge is -2.42. The van der Waals surface area contributed by atoms with Crippen LogP contribution in [0.5, 0.6) is 0 Å². The van der Waals surface area contributed by atoms with Crippen LogP contribution in [0.1, 0.15) is 42.9 Å². The highest BCUT2D eigenvalue weighted by atomic mass is 19.4. The van der Waals surface area contributed by atoms with Crippen molar-refractivity contribution >= 4 is 17.6 Å². The molecule has 0 saturated heterocycles. The molecular weight excluding hydrogens is 437 g/mol. The number of nitrogens with zero attached hydrogens (tertiary/aromatic N) is 3. The SMILES string of the molecule is CN(C)C1=NC(=N)/C(=C\NC2CC(C(C)(C)O)C2)C=C1NC(=O)c1cccc(C(F)(F)F)n1. The number of aliphatic hydroxyl groups is 1. The van der Waals surface area contributed by atoms with Crippen LogP contribution in [-0.4, -0.2) is 58.3 Å². The molecule has 0 unspecified atom stereocenters. The molecule has 1 saturated carbocycles. The predicted molar refractivity (Wildman–Crippen MR) is 118 cm³/mol. The summed E-state index contributed by atoms with van der Waals surface area (Å²) < 4.78 is 38.8. The number of halogens is 3. The maximum Gasteiger partial charge on any atom is 0.433 e. The van der Waals surface area contributed by atoms with Gasteiger partial charge in [-0.3, -0.25) is 10.2 Å². The summed E-state index contributed by atoms with van der Waals surface area (Å²) in [6.07, 6.45) is 0.0509. The molecule has 0 atom stereocenters. The minimum absolute atomic E-state index is 0.0280. The average molecular weight is 464 g/mol. The fourth-order valence-electron chi connectivity index (χ4n) is 3.51. The lowest BCUT2D eigenvalue weighted by molar-refractivity contribution is -0.141. The minimum Gasteiger partial charge on any atom is -0.390 e. The summed E-state index contributed by atoms with van der Waals surface area (Å²) in [5, 5.41) is 24.0. The Morgan fingerprint density at radius 2 is 1.94 bits per heavy atom. The van der Waals surface area contributed by atoms with E-state index in [1.54, 1.807) is 39.0 Å². The molecule has 1 aromatic rings. The topological polar surface area (TPSA) is 114 Å². The molecule has 1 amide bonds. The van der Waals surface area contributed by atoms with E-state index in [1.807, 2.05) is 0 Å². The molecule has 1 aliphatic heterocycles. The maximum atomic E-state index is 12.9. The van der Waals surface area contributed by atoms with Crippen molar-refractivity contribution < 1.29 is 23.1 Å². The van der Waals surface area contributed by atoms with E-state index in [9.17, 15) is 23.1 Å². The average Bonchev–Trinajstić information content (AvgIpc) is 2.66. The fraction of sp³-hybridized carbons (Fsp3) is 0.455. The summed E-state index contributed by atoms with van der Waals surface area (Å²) in [5.41, 5.74) is -1.66. The summed E-state index contributed by atoms with van der Waals surface area (Å²) in [6, 6.07) is 3.24. The molecule has 0 aromatic carbocycles. The van der Waals surface area contributed by atoms with Crippen LogP contribution in [0.3, 0.4) is 0 Å². The van der Waals surface area contributed by atoms with E-state index >= 15 is 0 Å². The van der Waals surface area contributed by atoms with Gasteiger partial charge in [-0.2, -0.15) is 13.2 Å². The first-order valence-electron chi connectivity index (χ1n) is 10.4. The van der Waals surface area contributed by atoms with Crippen LogP contribution in [0.2, 0.25) is 0 Å². The molecule has 8 nitrogen and oxygen atoms in total. The molecular formula is C22H27F3N6O2. The summed E-state index contributed by atoms with van der Waals surface area (Å²) in [6.45, 7) is 3.55. The van der Waals surface area contributed by atoms with Crippen LogP contribution in [0.4, 0.5) is 13.2 Å². The molecule has 11 heteroatoms.